The molecule has 8 heteroatoms. The molecule has 1 amide bonds. The first-order valence-corrected chi connectivity index (χ1v) is 9.36. The van der Waals surface area contributed by atoms with Crippen LogP contribution >= 0.6 is 11.8 Å². The van der Waals surface area contributed by atoms with Gasteiger partial charge in [0.1, 0.15) is 5.82 Å². The van der Waals surface area contributed by atoms with E-state index in [1.807, 2.05) is 42.7 Å². The largest absolute Gasteiger partial charge is 0.370 e. The van der Waals surface area contributed by atoms with Crippen LogP contribution in [0.1, 0.15) is 36.5 Å². The number of thioether (sulfide) groups is 1. The van der Waals surface area contributed by atoms with Crippen molar-refractivity contribution in [3.63, 3.8) is 0 Å². The van der Waals surface area contributed by atoms with Gasteiger partial charge in [-0.3, -0.25) is 9.59 Å². The van der Waals surface area contributed by atoms with Crippen molar-refractivity contribution in [2.75, 3.05) is 0 Å². The predicted octanol–water partition coefficient (Wildman–Crippen LogP) is 2.56. The lowest BCUT2D eigenvalue weighted by Gasteiger charge is -2.11. The number of carbonyl (C=O) groups excluding carboxylic acids is 2. The highest BCUT2D eigenvalue weighted by Crippen LogP contribution is 2.28. The van der Waals surface area contributed by atoms with Crippen LogP contribution in [0, 0.1) is 0 Å². The molecule has 3 N–H and O–H groups in total. The number of amides is 1. The van der Waals surface area contributed by atoms with Gasteiger partial charge < -0.3 is 15.3 Å². The summed E-state index contributed by atoms with van der Waals surface area (Å²) >= 11 is 1.37. The van der Waals surface area contributed by atoms with E-state index in [1.54, 1.807) is 6.20 Å². The van der Waals surface area contributed by atoms with Crippen molar-refractivity contribution in [3.05, 3.63) is 41.9 Å². The number of aromatic amines is 1. The summed E-state index contributed by atoms with van der Waals surface area (Å²) in [5.41, 5.74) is 6.83. The molecule has 2 heterocycles. The number of rotatable bonds is 8. The van der Waals surface area contributed by atoms with Gasteiger partial charge in [0.05, 0.1) is 5.25 Å². The van der Waals surface area contributed by atoms with Crippen LogP contribution in [0.3, 0.4) is 0 Å². The molecule has 136 valence electrons. The first-order chi connectivity index (χ1) is 12.5. The zero-order valence-corrected chi connectivity index (χ0v) is 15.5. The van der Waals surface area contributed by atoms with Crippen LogP contribution in [0.4, 0.5) is 0 Å². The fraction of sp³-hybridized carbons (Fsp3) is 0.333. The summed E-state index contributed by atoms with van der Waals surface area (Å²) in [6.45, 7) is 4.51. The molecule has 1 aromatic carbocycles. The molecule has 0 aliphatic rings. The third kappa shape index (κ3) is 3.65. The zero-order valence-electron chi connectivity index (χ0n) is 14.7. The lowest BCUT2D eigenvalue weighted by molar-refractivity contribution is -0.118. The van der Waals surface area contributed by atoms with Crippen LogP contribution in [-0.4, -0.2) is 36.7 Å². The van der Waals surface area contributed by atoms with Gasteiger partial charge in [0.2, 0.25) is 5.91 Å². The van der Waals surface area contributed by atoms with Crippen LogP contribution < -0.4 is 5.73 Å². The van der Waals surface area contributed by atoms with E-state index in [-0.39, 0.29) is 23.4 Å². The molecule has 0 bridgehead atoms. The van der Waals surface area contributed by atoms with E-state index in [0.29, 0.717) is 29.5 Å². The van der Waals surface area contributed by atoms with Crippen molar-refractivity contribution in [3.8, 4) is 0 Å². The average molecular weight is 371 g/mol. The molecule has 0 saturated carbocycles. The molecule has 26 heavy (non-hydrogen) atoms. The number of benzene rings is 1. The van der Waals surface area contributed by atoms with Gasteiger partial charge in [0.25, 0.3) is 0 Å². The Labute approximate surface area is 155 Å². The molecule has 3 aromatic rings. The summed E-state index contributed by atoms with van der Waals surface area (Å²) < 4.78 is 1.92. The molecule has 1 atom stereocenters. The summed E-state index contributed by atoms with van der Waals surface area (Å²) in [4.78, 5) is 27.0. The molecule has 7 nitrogen and oxygen atoms in total. The third-order valence-electron chi connectivity index (χ3n) is 4.21. The summed E-state index contributed by atoms with van der Waals surface area (Å²) in [5.74, 6) is 0.380. The Balaban J connectivity index is 1.78. The van der Waals surface area contributed by atoms with Crippen LogP contribution in [-0.2, 0) is 17.8 Å². The Bertz CT molecular complexity index is 946. The van der Waals surface area contributed by atoms with E-state index in [9.17, 15) is 9.59 Å². The van der Waals surface area contributed by atoms with Gasteiger partial charge in [0, 0.05) is 42.0 Å². The lowest BCUT2D eigenvalue weighted by Crippen LogP contribution is -2.15. The molecule has 0 aliphatic carbocycles. The quantitative estimate of drug-likeness (QED) is 0.467. The zero-order chi connectivity index (χ0) is 18.7. The number of carbonyl (C=O) groups is 2. The number of Topliss-reactive ketones (excluding diaryl/α,β-unsaturated/α-hetero) is 1. The second-order valence-corrected chi connectivity index (χ2v) is 7.29. The normalized spacial score (nSPS) is 12.4. The molecular weight excluding hydrogens is 350 g/mol. The van der Waals surface area contributed by atoms with Crippen molar-refractivity contribution < 1.29 is 9.59 Å². The van der Waals surface area contributed by atoms with E-state index in [4.69, 9.17) is 5.73 Å². The van der Waals surface area contributed by atoms with Crippen molar-refractivity contribution in [1.82, 2.24) is 19.7 Å². The number of hydrogen-bond acceptors (Lipinski definition) is 5. The van der Waals surface area contributed by atoms with Gasteiger partial charge in [-0.15, -0.1) is 10.2 Å². The van der Waals surface area contributed by atoms with Gasteiger partial charge in [-0.25, -0.2) is 0 Å². The van der Waals surface area contributed by atoms with E-state index in [1.165, 1.54) is 11.8 Å². The number of nitrogens with one attached hydrogen (secondary N) is 1. The molecule has 0 spiro atoms. The molecule has 0 saturated heterocycles. The number of hydrogen-bond donors (Lipinski definition) is 2. The summed E-state index contributed by atoms with van der Waals surface area (Å²) in [5, 5.41) is 9.63. The van der Waals surface area contributed by atoms with Crippen molar-refractivity contribution in [2.45, 2.75) is 43.6 Å². The SMILES string of the molecule is CCn1c(CCC(N)=O)nnc1S[C@@H](C)C(=O)c1c[nH]c2ccccc12. The Kier molecular flexibility index (Phi) is 5.41. The van der Waals surface area contributed by atoms with E-state index in [0.717, 1.165) is 10.9 Å². The minimum atomic E-state index is -0.368. The first-order valence-electron chi connectivity index (χ1n) is 8.48. The number of aryl methyl sites for hydroxylation is 1. The average Bonchev–Trinajstić information content (AvgIpc) is 3.22. The van der Waals surface area contributed by atoms with Crippen molar-refractivity contribution in [2.24, 2.45) is 5.73 Å². The fourth-order valence-corrected chi connectivity index (χ4v) is 3.85. The Morgan fingerprint density at radius 3 is 2.81 bits per heavy atom. The summed E-state index contributed by atoms with van der Waals surface area (Å²) in [6.07, 6.45) is 2.43. The summed E-state index contributed by atoms with van der Waals surface area (Å²) in [7, 11) is 0. The lowest BCUT2D eigenvalue weighted by atomic mass is 10.1. The summed E-state index contributed by atoms with van der Waals surface area (Å²) in [6, 6.07) is 7.74. The highest BCUT2D eigenvalue weighted by molar-refractivity contribution is 8.00. The minimum absolute atomic E-state index is 0.0387. The van der Waals surface area contributed by atoms with E-state index >= 15 is 0 Å². The third-order valence-corrected chi connectivity index (χ3v) is 5.29. The molecule has 0 fully saturated rings. The Morgan fingerprint density at radius 1 is 1.31 bits per heavy atom. The van der Waals surface area contributed by atoms with Crippen molar-refractivity contribution >= 4 is 34.4 Å². The van der Waals surface area contributed by atoms with Gasteiger partial charge in [0.15, 0.2) is 10.9 Å². The smallest absolute Gasteiger partial charge is 0.217 e. The van der Waals surface area contributed by atoms with Crippen LogP contribution in [0.15, 0.2) is 35.6 Å². The van der Waals surface area contributed by atoms with Crippen LogP contribution in [0.2, 0.25) is 0 Å². The second-order valence-electron chi connectivity index (χ2n) is 5.98. The Hall–Kier alpha value is -2.61. The topological polar surface area (TPSA) is 107 Å². The maximum Gasteiger partial charge on any atom is 0.217 e. The number of fused-ring (bicyclic) bond motifs is 1. The van der Waals surface area contributed by atoms with Gasteiger partial charge in [-0.2, -0.15) is 0 Å². The molecule has 3 rings (SSSR count). The standard InChI is InChI=1S/C18H21N5O2S/c1-3-23-16(9-8-15(19)24)21-22-18(23)26-11(2)17(25)13-10-20-14-7-5-4-6-12(13)14/h4-7,10-11,20H,3,8-9H2,1-2H3,(H2,19,24)/t11-/m0/s1. The van der Waals surface area contributed by atoms with Gasteiger partial charge in [-0.05, 0) is 19.9 Å². The molecule has 2 aromatic heterocycles. The van der Waals surface area contributed by atoms with Crippen LogP contribution in [0.5, 0.6) is 0 Å². The van der Waals surface area contributed by atoms with E-state index < -0.39 is 0 Å². The highest BCUT2D eigenvalue weighted by Gasteiger charge is 2.23. The number of H-pyrrole nitrogens is 1. The molecular formula is C18H21N5O2S. The van der Waals surface area contributed by atoms with Crippen LogP contribution in [0.25, 0.3) is 10.9 Å². The minimum Gasteiger partial charge on any atom is -0.370 e. The van der Waals surface area contributed by atoms with Crippen molar-refractivity contribution in [1.29, 1.82) is 0 Å². The van der Waals surface area contributed by atoms with E-state index in [2.05, 4.69) is 15.2 Å². The monoisotopic (exact) mass is 371 g/mol. The maximum atomic E-state index is 12.9. The number of aromatic nitrogens is 4. The molecule has 0 unspecified atom stereocenters. The predicted molar refractivity (Wildman–Crippen MR) is 101 cm³/mol. The second kappa shape index (κ2) is 7.74. The number of nitrogens with two attached hydrogens (primary N) is 1. The number of para-hydroxylation sites is 1. The maximum absolute atomic E-state index is 12.9. The fourth-order valence-electron chi connectivity index (χ4n) is 2.85. The molecule has 0 radical (unpaired) electrons. The number of primary amides is 1. The first kappa shape index (κ1) is 18.2. The van der Waals surface area contributed by atoms with Gasteiger partial charge >= 0.3 is 0 Å². The number of ketones is 1. The number of nitrogens with zero attached hydrogens (tertiary/aromatic N) is 3. The van der Waals surface area contributed by atoms with Gasteiger partial charge in [-0.1, -0.05) is 30.0 Å². The highest BCUT2D eigenvalue weighted by atomic mass is 32.2. The Morgan fingerprint density at radius 2 is 2.08 bits per heavy atom. The molecule has 0 aliphatic heterocycles.